The Bertz CT molecular complexity index is 826. The molecule has 1 unspecified atom stereocenters. The molecule has 0 radical (unpaired) electrons. The number of amides is 2. The molecule has 0 aliphatic heterocycles. The van der Waals surface area contributed by atoms with Crippen molar-refractivity contribution in [3.8, 4) is 0 Å². The Morgan fingerprint density at radius 2 is 1.82 bits per heavy atom. The fourth-order valence-corrected chi connectivity index (χ4v) is 3.58. The van der Waals surface area contributed by atoms with Gasteiger partial charge in [0.1, 0.15) is 6.04 Å². The molecule has 0 spiro atoms. The first kappa shape index (κ1) is 22.4. The van der Waals surface area contributed by atoms with Gasteiger partial charge in [-0.2, -0.15) is 0 Å². The van der Waals surface area contributed by atoms with Crippen LogP contribution in [0.15, 0.2) is 53.0 Å². The second-order valence-corrected chi connectivity index (χ2v) is 8.41. The molecule has 0 saturated heterocycles. The predicted octanol–water partition coefficient (Wildman–Crippen LogP) is 4.98. The summed E-state index contributed by atoms with van der Waals surface area (Å²) in [6.07, 6.45) is 0.822. The van der Waals surface area contributed by atoms with Gasteiger partial charge in [-0.1, -0.05) is 57.9 Å². The molecule has 0 aromatic heterocycles. The third-order valence-corrected chi connectivity index (χ3v) is 5.27. The SMILES string of the molecule is CC(C)NC(=O)C(C)N(Cc1cccc(Br)c1)C(=O)CCc1ccccc1Cl. The van der Waals surface area contributed by atoms with Crippen molar-refractivity contribution in [3.05, 3.63) is 69.2 Å². The van der Waals surface area contributed by atoms with E-state index in [1.807, 2.05) is 62.4 Å². The van der Waals surface area contributed by atoms with Crippen molar-refractivity contribution in [1.82, 2.24) is 10.2 Å². The summed E-state index contributed by atoms with van der Waals surface area (Å²) in [7, 11) is 0. The van der Waals surface area contributed by atoms with Crippen LogP contribution in [0, 0.1) is 0 Å². The Hall–Kier alpha value is -1.85. The number of hydrogen-bond acceptors (Lipinski definition) is 2. The van der Waals surface area contributed by atoms with E-state index in [4.69, 9.17) is 11.6 Å². The molecule has 0 aliphatic rings. The second kappa shape index (κ2) is 10.6. The first-order valence-electron chi connectivity index (χ1n) is 9.35. The number of halogens is 2. The lowest BCUT2D eigenvalue weighted by Gasteiger charge is -2.29. The smallest absolute Gasteiger partial charge is 0.242 e. The van der Waals surface area contributed by atoms with E-state index in [9.17, 15) is 9.59 Å². The zero-order valence-corrected chi connectivity index (χ0v) is 18.8. The number of nitrogens with one attached hydrogen (secondary N) is 1. The van der Waals surface area contributed by atoms with Crippen LogP contribution in [0.4, 0.5) is 0 Å². The summed E-state index contributed by atoms with van der Waals surface area (Å²) >= 11 is 9.67. The average molecular weight is 466 g/mol. The van der Waals surface area contributed by atoms with Crippen LogP contribution >= 0.6 is 27.5 Å². The second-order valence-electron chi connectivity index (χ2n) is 7.08. The number of nitrogens with zero attached hydrogens (tertiary/aromatic N) is 1. The highest BCUT2D eigenvalue weighted by Gasteiger charge is 2.26. The molecule has 2 aromatic rings. The maximum absolute atomic E-state index is 13.0. The van der Waals surface area contributed by atoms with Gasteiger partial charge in [-0.25, -0.2) is 0 Å². The molecule has 28 heavy (non-hydrogen) atoms. The summed E-state index contributed by atoms with van der Waals surface area (Å²) < 4.78 is 0.938. The Kier molecular flexibility index (Phi) is 8.52. The minimum absolute atomic E-state index is 0.0147. The highest BCUT2D eigenvalue weighted by atomic mass is 79.9. The standard InChI is InChI=1S/C22H26BrClN2O2/c1-15(2)25-22(28)16(3)26(14-17-7-6-9-19(23)13-17)21(27)12-11-18-8-4-5-10-20(18)24/h4-10,13,15-16H,11-12,14H2,1-3H3,(H,25,28). The number of rotatable bonds is 8. The quantitative estimate of drug-likeness (QED) is 0.598. The monoisotopic (exact) mass is 464 g/mol. The summed E-state index contributed by atoms with van der Waals surface area (Å²) in [5.41, 5.74) is 1.89. The van der Waals surface area contributed by atoms with E-state index in [0.29, 0.717) is 18.0 Å². The summed E-state index contributed by atoms with van der Waals surface area (Å²) in [6.45, 7) is 5.95. The maximum atomic E-state index is 13.0. The largest absolute Gasteiger partial charge is 0.352 e. The lowest BCUT2D eigenvalue weighted by Crippen LogP contribution is -2.49. The highest BCUT2D eigenvalue weighted by molar-refractivity contribution is 9.10. The molecular formula is C22H26BrClN2O2. The Labute approximate surface area is 180 Å². The molecule has 0 aliphatic carbocycles. The zero-order chi connectivity index (χ0) is 20.7. The predicted molar refractivity (Wildman–Crippen MR) is 117 cm³/mol. The van der Waals surface area contributed by atoms with Crippen molar-refractivity contribution in [2.45, 2.75) is 52.2 Å². The number of aryl methyl sites for hydroxylation is 1. The normalized spacial score (nSPS) is 11.9. The van der Waals surface area contributed by atoms with Crippen molar-refractivity contribution < 1.29 is 9.59 Å². The molecular weight excluding hydrogens is 440 g/mol. The molecule has 0 saturated carbocycles. The highest BCUT2D eigenvalue weighted by Crippen LogP contribution is 2.19. The molecule has 0 bridgehead atoms. The van der Waals surface area contributed by atoms with Crippen LogP contribution in [-0.4, -0.2) is 28.8 Å². The van der Waals surface area contributed by atoms with Gasteiger partial charge in [0.2, 0.25) is 11.8 Å². The van der Waals surface area contributed by atoms with E-state index in [2.05, 4.69) is 21.2 Å². The molecule has 1 atom stereocenters. The minimum Gasteiger partial charge on any atom is -0.352 e. The van der Waals surface area contributed by atoms with Gasteiger partial charge in [0, 0.05) is 28.5 Å². The molecule has 0 fully saturated rings. The van der Waals surface area contributed by atoms with Crippen molar-refractivity contribution in [3.63, 3.8) is 0 Å². The summed E-state index contributed by atoms with van der Waals surface area (Å²) in [6, 6.07) is 14.7. The maximum Gasteiger partial charge on any atom is 0.242 e. The number of hydrogen-bond donors (Lipinski definition) is 1. The summed E-state index contributed by atoms with van der Waals surface area (Å²) in [5, 5.41) is 3.55. The van der Waals surface area contributed by atoms with E-state index >= 15 is 0 Å². The fourth-order valence-electron chi connectivity index (χ4n) is 2.91. The molecule has 150 valence electrons. The topological polar surface area (TPSA) is 49.4 Å². The molecule has 2 rings (SSSR count). The Morgan fingerprint density at radius 3 is 2.46 bits per heavy atom. The van der Waals surface area contributed by atoms with Crippen LogP contribution in [-0.2, 0) is 22.6 Å². The van der Waals surface area contributed by atoms with Gasteiger partial charge < -0.3 is 10.2 Å². The van der Waals surface area contributed by atoms with Gasteiger partial charge in [-0.3, -0.25) is 9.59 Å². The summed E-state index contributed by atoms with van der Waals surface area (Å²) in [4.78, 5) is 27.2. The number of carbonyl (C=O) groups excluding carboxylic acids is 2. The van der Waals surface area contributed by atoms with Crippen molar-refractivity contribution in [2.75, 3.05) is 0 Å². The van der Waals surface area contributed by atoms with Gasteiger partial charge >= 0.3 is 0 Å². The molecule has 2 amide bonds. The molecule has 2 aromatic carbocycles. The van der Waals surface area contributed by atoms with Crippen LogP contribution in [0.2, 0.25) is 5.02 Å². The van der Waals surface area contributed by atoms with Gasteiger partial charge in [0.25, 0.3) is 0 Å². The van der Waals surface area contributed by atoms with Crippen LogP contribution < -0.4 is 5.32 Å². The first-order valence-corrected chi connectivity index (χ1v) is 10.5. The average Bonchev–Trinajstić information content (AvgIpc) is 2.64. The van der Waals surface area contributed by atoms with Crippen molar-refractivity contribution in [1.29, 1.82) is 0 Å². The Balaban J connectivity index is 2.17. The van der Waals surface area contributed by atoms with Crippen molar-refractivity contribution in [2.24, 2.45) is 0 Å². The van der Waals surface area contributed by atoms with E-state index in [0.717, 1.165) is 15.6 Å². The molecule has 0 heterocycles. The Morgan fingerprint density at radius 1 is 1.11 bits per heavy atom. The van der Waals surface area contributed by atoms with E-state index < -0.39 is 6.04 Å². The van der Waals surface area contributed by atoms with E-state index in [1.165, 1.54) is 0 Å². The molecule has 6 heteroatoms. The lowest BCUT2D eigenvalue weighted by molar-refractivity contribution is -0.140. The van der Waals surface area contributed by atoms with Crippen LogP contribution in [0.25, 0.3) is 0 Å². The number of carbonyl (C=O) groups is 2. The summed E-state index contributed by atoms with van der Waals surface area (Å²) in [5.74, 6) is -0.234. The minimum atomic E-state index is -0.569. The third kappa shape index (κ3) is 6.64. The molecule has 4 nitrogen and oxygen atoms in total. The van der Waals surface area contributed by atoms with Crippen LogP contribution in [0.1, 0.15) is 38.3 Å². The fraction of sp³-hybridized carbons (Fsp3) is 0.364. The lowest BCUT2D eigenvalue weighted by atomic mass is 10.1. The van der Waals surface area contributed by atoms with E-state index in [1.54, 1.807) is 11.8 Å². The van der Waals surface area contributed by atoms with Gasteiger partial charge in [-0.05, 0) is 56.5 Å². The van der Waals surface area contributed by atoms with Gasteiger partial charge in [-0.15, -0.1) is 0 Å². The number of benzene rings is 2. The van der Waals surface area contributed by atoms with Crippen molar-refractivity contribution >= 4 is 39.3 Å². The first-order chi connectivity index (χ1) is 13.3. The zero-order valence-electron chi connectivity index (χ0n) is 16.4. The van der Waals surface area contributed by atoms with Crippen LogP contribution in [0.3, 0.4) is 0 Å². The molecule has 1 N–H and O–H groups in total. The van der Waals surface area contributed by atoms with Gasteiger partial charge in [0.15, 0.2) is 0 Å². The van der Waals surface area contributed by atoms with E-state index in [-0.39, 0.29) is 24.3 Å². The third-order valence-electron chi connectivity index (χ3n) is 4.41. The van der Waals surface area contributed by atoms with Crippen LogP contribution in [0.5, 0.6) is 0 Å². The van der Waals surface area contributed by atoms with Gasteiger partial charge in [0.05, 0.1) is 0 Å².